The molecule has 2 N–H and O–H groups in total. The van der Waals surface area contributed by atoms with Crippen LogP contribution in [0, 0.1) is 0 Å². The smallest absolute Gasteiger partial charge is 0.352 e. The molecule has 2 aromatic rings. The van der Waals surface area contributed by atoms with Crippen LogP contribution >= 0.6 is 0 Å². The second kappa shape index (κ2) is 2.99. The van der Waals surface area contributed by atoms with Gasteiger partial charge >= 0.3 is 5.97 Å². The third kappa shape index (κ3) is 1.26. The number of carboxylic acid groups (broad SMARTS) is 1. The van der Waals surface area contributed by atoms with E-state index in [-0.39, 0.29) is 5.69 Å². The van der Waals surface area contributed by atoms with Crippen LogP contribution in [0.3, 0.4) is 0 Å². The monoisotopic (exact) mass is 189 g/mol. The highest BCUT2D eigenvalue weighted by atomic mass is 16.4. The minimum atomic E-state index is -1.01. The third-order valence-electron chi connectivity index (χ3n) is 2.01. The van der Waals surface area contributed by atoms with Crippen LogP contribution in [0.25, 0.3) is 10.9 Å². The summed E-state index contributed by atoms with van der Waals surface area (Å²) in [6.45, 7) is 0. The highest BCUT2D eigenvalue weighted by Gasteiger charge is 2.06. The molecule has 1 aromatic carbocycles. The van der Waals surface area contributed by atoms with E-state index in [2.05, 4.69) is 4.98 Å². The Balaban J connectivity index is 2.65. The summed E-state index contributed by atoms with van der Waals surface area (Å²) in [4.78, 5) is 23.8. The van der Waals surface area contributed by atoms with Gasteiger partial charge in [0.1, 0.15) is 12.0 Å². The Hall–Kier alpha value is -2.10. The number of benzene rings is 1. The van der Waals surface area contributed by atoms with Crippen molar-refractivity contribution in [2.45, 2.75) is 0 Å². The maximum absolute atomic E-state index is 10.6. The summed E-state index contributed by atoms with van der Waals surface area (Å²) in [5, 5.41) is 9.44. The molecule has 4 heteroatoms. The summed E-state index contributed by atoms with van der Waals surface area (Å²) in [6.07, 6.45) is 0.729. The van der Waals surface area contributed by atoms with E-state index >= 15 is 0 Å². The van der Waals surface area contributed by atoms with Crippen LogP contribution in [0.15, 0.2) is 24.3 Å². The largest absolute Gasteiger partial charge is 0.477 e. The standard InChI is InChI=1S/C10H7NO3/c12-5-6-1-2-8-7(3-6)4-9(11-8)10(13)14/h1-5,11H,(H,13,14). The van der Waals surface area contributed by atoms with Crippen molar-refractivity contribution in [3.05, 3.63) is 35.5 Å². The number of nitrogens with one attached hydrogen (secondary N) is 1. The summed E-state index contributed by atoms with van der Waals surface area (Å²) < 4.78 is 0. The van der Waals surface area contributed by atoms with E-state index in [0.29, 0.717) is 11.1 Å². The van der Waals surface area contributed by atoms with E-state index in [0.717, 1.165) is 11.7 Å². The lowest BCUT2D eigenvalue weighted by Gasteiger charge is -1.89. The van der Waals surface area contributed by atoms with E-state index in [4.69, 9.17) is 5.11 Å². The summed E-state index contributed by atoms with van der Waals surface area (Å²) in [7, 11) is 0. The summed E-state index contributed by atoms with van der Waals surface area (Å²) in [5.74, 6) is -1.01. The van der Waals surface area contributed by atoms with Gasteiger partial charge in [0, 0.05) is 16.5 Å². The maximum Gasteiger partial charge on any atom is 0.352 e. The number of carbonyl (C=O) groups is 2. The molecule has 0 atom stereocenters. The zero-order valence-corrected chi connectivity index (χ0v) is 7.15. The van der Waals surface area contributed by atoms with Crippen LogP contribution in [0.5, 0.6) is 0 Å². The van der Waals surface area contributed by atoms with Gasteiger partial charge in [-0.3, -0.25) is 4.79 Å². The second-order valence-electron chi connectivity index (χ2n) is 2.95. The lowest BCUT2D eigenvalue weighted by atomic mass is 10.2. The zero-order valence-electron chi connectivity index (χ0n) is 7.15. The molecule has 0 aliphatic heterocycles. The molecule has 70 valence electrons. The molecule has 0 fully saturated rings. The summed E-state index contributed by atoms with van der Waals surface area (Å²) in [5.41, 5.74) is 1.38. The minimum absolute atomic E-state index is 0.128. The number of hydrogen-bond acceptors (Lipinski definition) is 2. The fourth-order valence-electron chi connectivity index (χ4n) is 1.34. The fourth-order valence-corrected chi connectivity index (χ4v) is 1.34. The third-order valence-corrected chi connectivity index (χ3v) is 2.01. The first kappa shape index (κ1) is 8.50. The molecule has 0 saturated heterocycles. The molecular weight excluding hydrogens is 182 g/mol. The minimum Gasteiger partial charge on any atom is -0.477 e. The highest BCUT2D eigenvalue weighted by Crippen LogP contribution is 2.16. The first-order chi connectivity index (χ1) is 6.70. The number of aromatic carboxylic acids is 1. The lowest BCUT2D eigenvalue weighted by Crippen LogP contribution is -1.94. The molecule has 14 heavy (non-hydrogen) atoms. The van der Waals surface area contributed by atoms with Crippen molar-refractivity contribution in [1.82, 2.24) is 4.98 Å². The van der Waals surface area contributed by atoms with Crippen LogP contribution in [0.1, 0.15) is 20.8 Å². The Morgan fingerprint density at radius 3 is 2.79 bits per heavy atom. The number of hydrogen-bond donors (Lipinski definition) is 2. The molecule has 0 spiro atoms. The Bertz CT molecular complexity index is 513. The van der Waals surface area contributed by atoms with Crippen LogP contribution in [-0.4, -0.2) is 22.3 Å². The number of aldehydes is 1. The molecule has 0 aliphatic rings. The van der Waals surface area contributed by atoms with Gasteiger partial charge in [-0.05, 0) is 24.3 Å². The van der Waals surface area contributed by atoms with Gasteiger partial charge in [-0.1, -0.05) is 0 Å². The molecule has 0 saturated carbocycles. The van der Waals surface area contributed by atoms with Crippen LogP contribution in [0.4, 0.5) is 0 Å². The van der Waals surface area contributed by atoms with Gasteiger partial charge in [-0.2, -0.15) is 0 Å². The Morgan fingerprint density at radius 1 is 1.36 bits per heavy atom. The van der Waals surface area contributed by atoms with Crippen LogP contribution in [-0.2, 0) is 0 Å². The van der Waals surface area contributed by atoms with Gasteiger partial charge in [0.15, 0.2) is 0 Å². The number of aromatic nitrogens is 1. The average Bonchev–Trinajstić information content (AvgIpc) is 2.59. The summed E-state index contributed by atoms with van der Waals surface area (Å²) in [6, 6.07) is 6.47. The Morgan fingerprint density at radius 2 is 2.14 bits per heavy atom. The molecule has 0 unspecified atom stereocenters. The topological polar surface area (TPSA) is 70.2 Å². The quantitative estimate of drug-likeness (QED) is 0.706. The predicted molar refractivity (Wildman–Crippen MR) is 50.6 cm³/mol. The van der Waals surface area contributed by atoms with Crippen molar-refractivity contribution in [2.24, 2.45) is 0 Å². The number of fused-ring (bicyclic) bond motifs is 1. The molecule has 0 amide bonds. The number of rotatable bonds is 2. The highest BCUT2D eigenvalue weighted by molar-refractivity contribution is 5.95. The normalized spacial score (nSPS) is 10.3. The number of carboxylic acids is 1. The number of carbonyl (C=O) groups excluding carboxylic acids is 1. The van der Waals surface area contributed by atoms with Gasteiger partial charge in [-0.15, -0.1) is 0 Å². The van der Waals surface area contributed by atoms with Crippen molar-refractivity contribution in [2.75, 3.05) is 0 Å². The van der Waals surface area contributed by atoms with Crippen molar-refractivity contribution in [3.63, 3.8) is 0 Å². The van der Waals surface area contributed by atoms with E-state index in [1.54, 1.807) is 18.2 Å². The van der Waals surface area contributed by atoms with E-state index < -0.39 is 5.97 Å². The van der Waals surface area contributed by atoms with Crippen LogP contribution in [0.2, 0.25) is 0 Å². The lowest BCUT2D eigenvalue weighted by molar-refractivity contribution is 0.0691. The summed E-state index contributed by atoms with van der Waals surface area (Å²) >= 11 is 0. The molecular formula is C10H7NO3. The van der Waals surface area contributed by atoms with Crippen molar-refractivity contribution >= 4 is 23.2 Å². The number of H-pyrrole nitrogens is 1. The molecule has 1 heterocycles. The molecule has 0 bridgehead atoms. The SMILES string of the molecule is O=Cc1ccc2[nH]c(C(=O)O)cc2c1. The van der Waals surface area contributed by atoms with Gasteiger partial charge in [0.2, 0.25) is 0 Å². The fraction of sp³-hybridized carbons (Fsp3) is 0. The first-order valence-electron chi connectivity index (χ1n) is 4.02. The van der Waals surface area contributed by atoms with E-state index in [1.807, 2.05) is 0 Å². The van der Waals surface area contributed by atoms with Crippen LogP contribution < -0.4 is 0 Å². The molecule has 0 radical (unpaired) electrons. The Kier molecular flexibility index (Phi) is 1.81. The molecule has 2 rings (SSSR count). The van der Waals surface area contributed by atoms with Gasteiger partial charge in [0.25, 0.3) is 0 Å². The van der Waals surface area contributed by atoms with Crippen molar-refractivity contribution in [3.8, 4) is 0 Å². The predicted octanol–water partition coefficient (Wildman–Crippen LogP) is 1.68. The molecule has 1 aromatic heterocycles. The van der Waals surface area contributed by atoms with Crippen molar-refractivity contribution < 1.29 is 14.7 Å². The van der Waals surface area contributed by atoms with E-state index in [1.165, 1.54) is 6.07 Å². The molecule has 0 aliphatic carbocycles. The molecule has 4 nitrogen and oxygen atoms in total. The van der Waals surface area contributed by atoms with Gasteiger partial charge in [-0.25, -0.2) is 4.79 Å². The van der Waals surface area contributed by atoms with Crippen molar-refractivity contribution in [1.29, 1.82) is 0 Å². The van der Waals surface area contributed by atoms with E-state index in [9.17, 15) is 9.59 Å². The maximum atomic E-state index is 10.6. The van der Waals surface area contributed by atoms with Gasteiger partial charge < -0.3 is 10.1 Å². The zero-order chi connectivity index (χ0) is 10.1. The van der Waals surface area contributed by atoms with Gasteiger partial charge in [0.05, 0.1) is 0 Å². The second-order valence-corrected chi connectivity index (χ2v) is 2.95. The number of aromatic amines is 1. The average molecular weight is 189 g/mol. The Labute approximate surface area is 79.2 Å². The first-order valence-corrected chi connectivity index (χ1v) is 4.02.